The molecule has 2 atom stereocenters. The molecule has 1 unspecified atom stereocenters. The van der Waals surface area contributed by atoms with Gasteiger partial charge in [0, 0.05) is 6.42 Å². The molecule has 0 fully saturated rings. The Bertz CT molecular complexity index is 693. The first kappa shape index (κ1) is 15.2. The third-order valence-corrected chi connectivity index (χ3v) is 4.73. The van der Waals surface area contributed by atoms with E-state index in [2.05, 4.69) is 36.3 Å². The Labute approximate surface area is 134 Å². The van der Waals surface area contributed by atoms with Crippen molar-refractivity contribution in [3.63, 3.8) is 0 Å². The fraction of sp³-hybridized carbons (Fsp3) is 0.278. The number of hydrogen-bond acceptors (Lipinski definition) is 3. The van der Waals surface area contributed by atoms with Crippen molar-refractivity contribution in [2.24, 2.45) is 0 Å². The van der Waals surface area contributed by atoms with Crippen molar-refractivity contribution >= 4 is 21.6 Å². The largest absolute Gasteiger partial charge is 0.387 e. The molecule has 2 aromatic carbocycles. The number of aromatic nitrogens is 1. The van der Waals surface area contributed by atoms with Gasteiger partial charge in [-0.3, -0.25) is 0 Å². The maximum atomic E-state index is 10.3. The molecule has 114 valence electrons. The van der Waals surface area contributed by atoms with E-state index in [0.29, 0.717) is 6.42 Å². The first-order valence-electron chi connectivity index (χ1n) is 7.58. The maximum absolute atomic E-state index is 10.3. The van der Waals surface area contributed by atoms with E-state index in [4.69, 9.17) is 0 Å². The smallest absolute Gasteiger partial charge is 0.148 e. The highest BCUT2D eigenvalue weighted by Crippen LogP contribution is 2.20. The van der Waals surface area contributed by atoms with Crippen LogP contribution in [0, 0.1) is 0 Å². The van der Waals surface area contributed by atoms with Gasteiger partial charge in [0.05, 0.1) is 17.3 Å². The summed E-state index contributed by atoms with van der Waals surface area (Å²) < 4.78 is 1.23. The van der Waals surface area contributed by atoms with Gasteiger partial charge in [0.1, 0.15) is 24.2 Å². The third-order valence-electron chi connectivity index (χ3n) is 3.69. The summed E-state index contributed by atoms with van der Waals surface area (Å²) in [7, 11) is 2.11. The van der Waals surface area contributed by atoms with Crippen molar-refractivity contribution in [1.82, 2.24) is 4.98 Å². The number of hydrogen-bond donors (Lipinski definition) is 2. The minimum absolute atomic E-state index is 0.322. The molecule has 0 spiro atoms. The van der Waals surface area contributed by atoms with E-state index in [1.165, 1.54) is 15.2 Å². The van der Waals surface area contributed by atoms with Crippen molar-refractivity contribution in [2.45, 2.75) is 19.1 Å². The summed E-state index contributed by atoms with van der Waals surface area (Å²) in [5.74, 6) is 0. The van der Waals surface area contributed by atoms with Crippen LogP contribution in [-0.4, -0.2) is 29.8 Å². The summed E-state index contributed by atoms with van der Waals surface area (Å²) >= 11 is 1.74. The fourth-order valence-electron chi connectivity index (χ4n) is 2.69. The topological polar surface area (TPSA) is 37.6 Å². The average molecular weight is 313 g/mol. The lowest BCUT2D eigenvalue weighted by molar-refractivity contribution is -0.896. The van der Waals surface area contributed by atoms with Crippen molar-refractivity contribution in [3.05, 3.63) is 65.2 Å². The molecule has 0 saturated carbocycles. The molecule has 0 aliphatic heterocycles. The highest BCUT2D eigenvalue weighted by molar-refractivity contribution is 7.18. The number of para-hydroxylation sites is 1. The lowest BCUT2D eigenvalue weighted by Gasteiger charge is -2.17. The SMILES string of the molecule is C[NH+](Cc1nc2ccccc2s1)C[C@H](O)Cc1ccccc1. The third kappa shape index (κ3) is 3.91. The van der Waals surface area contributed by atoms with Crippen molar-refractivity contribution in [1.29, 1.82) is 0 Å². The molecule has 0 aliphatic carbocycles. The molecule has 3 aromatic rings. The van der Waals surface area contributed by atoms with Crippen molar-refractivity contribution < 1.29 is 10.0 Å². The maximum Gasteiger partial charge on any atom is 0.148 e. The van der Waals surface area contributed by atoms with Gasteiger partial charge in [-0.2, -0.15) is 0 Å². The van der Waals surface area contributed by atoms with Gasteiger partial charge in [-0.1, -0.05) is 42.5 Å². The normalized spacial score (nSPS) is 14.1. The van der Waals surface area contributed by atoms with E-state index in [9.17, 15) is 5.11 Å². The Morgan fingerprint density at radius 1 is 1.09 bits per heavy atom. The quantitative estimate of drug-likeness (QED) is 0.729. The molecular weight excluding hydrogens is 292 g/mol. The van der Waals surface area contributed by atoms with Crippen LogP contribution in [0.25, 0.3) is 10.2 Å². The Morgan fingerprint density at radius 2 is 1.82 bits per heavy atom. The molecule has 0 amide bonds. The Balaban J connectivity index is 1.56. The second-order valence-corrected chi connectivity index (χ2v) is 6.87. The lowest BCUT2D eigenvalue weighted by Crippen LogP contribution is -3.08. The molecule has 3 rings (SSSR count). The van der Waals surface area contributed by atoms with Crippen LogP contribution in [0.4, 0.5) is 0 Å². The lowest BCUT2D eigenvalue weighted by atomic mass is 10.1. The van der Waals surface area contributed by atoms with Gasteiger partial charge >= 0.3 is 0 Å². The summed E-state index contributed by atoms with van der Waals surface area (Å²) in [5.41, 5.74) is 2.25. The standard InChI is InChI=1S/C18H20N2OS/c1-20(12-15(21)11-14-7-3-2-4-8-14)13-18-19-16-9-5-6-10-17(16)22-18/h2-10,15,21H,11-13H2,1H3/p+1/t15-/m1/s1. The van der Waals surface area contributed by atoms with Gasteiger partial charge < -0.3 is 10.0 Å². The van der Waals surface area contributed by atoms with E-state index >= 15 is 0 Å². The van der Waals surface area contributed by atoms with Crippen LogP contribution in [0.1, 0.15) is 10.6 Å². The van der Waals surface area contributed by atoms with Crippen LogP contribution in [0.5, 0.6) is 0 Å². The molecule has 0 saturated heterocycles. The number of likely N-dealkylation sites (N-methyl/N-ethyl adjacent to an activating group) is 1. The average Bonchev–Trinajstić information content (AvgIpc) is 2.89. The van der Waals surface area contributed by atoms with E-state index < -0.39 is 0 Å². The first-order valence-corrected chi connectivity index (χ1v) is 8.40. The first-order chi connectivity index (χ1) is 10.7. The summed E-state index contributed by atoms with van der Waals surface area (Å²) in [4.78, 5) is 5.94. The number of nitrogens with zero attached hydrogens (tertiary/aromatic N) is 1. The fourth-order valence-corrected chi connectivity index (χ4v) is 3.77. The van der Waals surface area contributed by atoms with Crippen LogP contribution in [-0.2, 0) is 13.0 Å². The van der Waals surface area contributed by atoms with Crippen LogP contribution >= 0.6 is 11.3 Å². The number of benzene rings is 2. The van der Waals surface area contributed by atoms with Gasteiger partial charge in [0.15, 0.2) is 0 Å². The number of thiazole rings is 1. The van der Waals surface area contributed by atoms with E-state index in [1.807, 2.05) is 30.3 Å². The van der Waals surface area contributed by atoms with Crippen LogP contribution in [0.2, 0.25) is 0 Å². The minimum atomic E-state index is -0.322. The van der Waals surface area contributed by atoms with Crippen LogP contribution in [0.15, 0.2) is 54.6 Å². The number of rotatable bonds is 6. The Morgan fingerprint density at radius 3 is 2.59 bits per heavy atom. The molecule has 4 heteroatoms. The highest BCUT2D eigenvalue weighted by Gasteiger charge is 2.14. The molecule has 0 bridgehead atoms. The molecule has 3 nitrogen and oxygen atoms in total. The van der Waals surface area contributed by atoms with Crippen molar-refractivity contribution in [2.75, 3.05) is 13.6 Å². The summed E-state index contributed by atoms with van der Waals surface area (Å²) in [6, 6.07) is 18.4. The zero-order valence-electron chi connectivity index (χ0n) is 12.7. The Hall–Kier alpha value is -1.75. The van der Waals surface area contributed by atoms with Gasteiger partial charge in [0.2, 0.25) is 0 Å². The molecule has 1 aromatic heterocycles. The predicted molar refractivity (Wildman–Crippen MR) is 91.2 cm³/mol. The molecule has 0 radical (unpaired) electrons. The van der Waals surface area contributed by atoms with Crippen LogP contribution < -0.4 is 4.90 Å². The van der Waals surface area contributed by atoms with Gasteiger partial charge in [-0.25, -0.2) is 4.98 Å². The number of fused-ring (bicyclic) bond motifs is 1. The van der Waals surface area contributed by atoms with E-state index in [-0.39, 0.29) is 6.10 Å². The molecular formula is C18H21N2OS+. The van der Waals surface area contributed by atoms with Gasteiger partial charge in [-0.15, -0.1) is 11.3 Å². The molecule has 0 aliphatic rings. The summed E-state index contributed by atoms with van der Waals surface area (Å²) in [6.07, 6.45) is 0.384. The highest BCUT2D eigenvalue weighted by atomic mass is 32.1. The zero-order valence-corrected chi connectivity index (χ0v) is 13.5. The van der Waals surface area contributed by atoms with Crippen LogP contribution in [0.3, 0.4) is 0 Å². The minimum Gasteiger partial charge on any atom is -0.387 e. The molecule has 1 heterocycles. The predicted octanol–water partition coefficient (Wildman–Crippen LogP) is 1.91. The van der Waals surface area contributed by atoms with E-state index in [0.717, 1.165) is 23.6 Å². The second kappa shape index (κ2) is 7.01. The summed E-state index contributed by atoms with van der Waals surface area (Å²) in [5, 5.41) is 11.4. The van der Waals surface area contributed by atoms with Crippen molar-refractivity contribution in [3.8, 4) is 0 Å². The number of nitrogens with one attached hydrogen (secondary N) is 1. The zero-order chi connectivity index (χ0) is 15.4. The number of aliphatic hydroxyl groups excluding tert-OH is 1. The Kier molecular flexibility index (Phi) is 4.83. The van der Waals surface area contributed by atoms with Gasteiger partial charge in [-0.05, 0) is 17.7 Å². The van der Waals surface area contributed by atoms with Gasteiger partial charge in [0.25, 0.3) is 0 Å². The molecule has 2 N–H and O–H groups in total. The number of quaternary nitrogens is 1. The summed E-state index contributed by atoms with van der Waals surface area (Å²) in [6.45, 7) is 1.58. The monoisotopic (exact) mass is 313 g/mol. The molecule has 22 heavy (non-hydrogen) atoms. The second-order valence-electron chi connectivity index (χ2n) is 5.76. The number of aliphatic hydroxyl groups is 1. The van der Waals surface area contributed by atoms with E-state index in [1.54, 1.807) is 11.3 Å².